The standard InChI is InChI=1S/C16H21ClN2O3/c1-11(17)22-16(20)19-10-12(7-8-18(2)3)14-6-5-13(21-4)9-15(14)19/h5-6,9-11H,7-8H2,1-4H3. The molecule has 1 aromatic heterocycles. The maximum atomic E-state index is 12.2. The minimum absolute atomic E-state index is 0.489. The van der Waals surface area contributed by atoms with Crippen molar-refractivity contribution in [3.63, 3.8) is 0 Å². The summed E-state index contributed by atoms with van der Waals surface area (Å²) in [7, 11) is 5.64. The Bertz CT molecular complexity index is 665. The number of carbonyl (C=O) groups is 1. The molecule has 1 unspecified atom stereocenters. The van der Waals surface area contributed by atoms with Gasteiger partial charge in [-0.25, -0.2) is 4.79 Å². The monoisotopic (exact) mass is 324 g/mol. The molecule has 0 saturated heterocycles. The minimum Gasteiger partial charge on any atom is -0.497 e. The van der Waals surface area contributed by atoms with Crippen LogP contribution in [0.3, 0.4) is 0 Å². The number of ether oxygens (including phenoxy) is 2. The number of nitrogens with zero attached hydrogens (tertiary/aromatic N) is 2. The first-order valence-corrected chi connectivity index (χ1v) is 7.53. The zero-order valence-corrected chi connectivity index (χ0v) is 14.1. The van der Waals surface area contributed by atoms with Gasteiger partial charge >= 0.3 is 6.09 Å². The van der Waals surface area contributed by atoms with Gasteiger partial charge in [-0.3, -0.25) is 4.57 Å². The molecule has 1 atom stereocenters. The number of aromatic nitrogens is 1. The highest BCUT2D eigenvalue weighted by Crippen LogP contribution is 2.27. The SMILES string of the molecule is COc1ccc2c(CCN(C)C)cn(C(=O)OC(C)Cl)c2c1. The van der Waals surface area contributed by atoms with Crippen LogP contribution in [0.4, 0.5) is 4.79 Å². The molecule has 0 fully saturated rings. The van der Waals surface area contributed by atoms with Gasteiger partial charge in [-0.1, -0.05) is 11.6 Å². The number of rotatable bonds is 5. The van der Waals surface area contributed by atoms with E-state index in [-0.39, 0.29) is 0 Å². The molecule has 0 aliphatic heterocycles. The van der Waals surface area contributed by atoms with E-state index in [1.807, 2.05) is 38.5 Å². The third kappa shape index (κ3) is 3.72. The highest BCUT2D eigenvalue weighted by atomic mass is 35.5. The number of methoxy groups -OCH3 is 1. The van der Waals surface area contributed by atoms with Crippen LogP contribution >= 0.6 is 11.6 Å². The van der Waals surface area contributed by atoms with Gasteiger partial charge in [-0.05, 0) is 45.1 Å². The maximum Gasteiger partial charge on any atom is 0.419 e. The molecule has 0 radical (unpaired) electrons. The fourth-order valence-electron chi connectivity index (χ4n) is 2.29. The maximum absolute atomic E-state index is 12.2. The van der Waals surface area contributed by atoms with Gasteiger partial charge in [0, 0.05) is 24.2 Å². The van der Waals surface area contributed by atoms with Gasteiger partial charge in [-0.2, -0.15) is 0 Å². The summed E-state index contributed by atoms with van der Waals surface area (Å²) >= 11 is 5.75. The number of halogens is 1. The summed E-state index contributed by atoms with van der Waals surface area (Å²) < 4.78 is 11.8. The van der Waals surface area contributed by atoms with Crippen LogP contribution in [0.5, 0.6) is 5.75 Å². The van der Waals surface area contributed by atoms with E-state index in [1.165, 1.54) is 4.57 Å². The molecule has 2 rings (SSSR count). The summed E-state index contributed by atoms with van der Waals surface area (Å²) in [6.07, 6.45) is 2.17. The lowest BCUT2D eigenvalue weighted by Crippen LogP contribution is -2.16. The predicted molar refractivity (Wildman–Crippen MR) is 87.9 cm³/mol. The van der Waals surface area contributed by atoms with Crippen LogP contribution in [-0.4, -0.2) is 48.9 Å². The molecule has 0 saturated carbocycles. The molecule has 1 heterocycles. The molecule has 2 aromatic rings. The van der Waals surface area contributed by atoms with Crippen LogP contribution in [0, 0.1) is 0 Å². The van der Waals surface area contributed by atoms with Crippen LogP contribution in [0.15, 0.2) is 24.4 Å². The molecule has 1 aromatic carbocycles. The van der Waals surface area contributed by atoms with Crippen molar-refractivity contribution in [2.24, 2.45) is 0 Å². The zero-order chi connectivity index (χ0) is 16.3. The number of hydrogen-bond donors (Lipinski definition) is 0. The molecule has 0 bridgehead atoms. The average Bonchev–Trinajstić information content (AvgIpc) is 2.82. The van der Waals surface area contributed by atoms with Crippen LogP contribution in [0.25, 0.3) is 10.9 Å². The van der Waals surface area contributed by atoms with Gasteiger partial charge in [0.05, 0.1) is 12.6 Å². The second-order valence-electron chi connectivity index (χ2n) is 5.39. The molecule has 120 valence electrons. The first kappa shape index (κ1) is 16.6. The van der Waals surface area contributed by atoms with Crippen molar-refractivity contribution in [1.29, 1.82) is 0 Å². The van der Waals surface area contributed by atoms with E-state index in [9.17, 15) is 4.79 Å². The fourth-order valence-corrected chi connectivity index (χ4v) is 2.37. The third-order valence-electron chi connectivity index (χ3n) is 3.38. The normalized spacial score (nSPS) is 12.6. The molecule has 0 aliphatic carbocycles. The summed E-state index contributed by atoms with van der Waals surface area (Å²) in [5, 5.41) is 1.02. The predicted octanol–water partition coefficient (Wildman–Crippen LogP) is 3.32. The van der Waals surface area contributed by atoms with Gasteiger partial charge in [-0.15, -0.1) is 0 Å². The molecule has 0 spiro atoms. The number of benzene rings is 1. The van der Waals surface area contributed by atoms with Crippen molar-refractivity contribution >= 4 is 28.6 Å². The number of fused-ring (bicyclic) bond motifs is 1. The summed E-state index contributed by atoms with van der Waals surface area (Å²) in [4.78, 5) is 14.3. The minimum atomic E-state index is -0.680. The van der Waals surface area contributed by atoms with Crippen LogP contribution in [0.2, 0.25) is 0 Å². The van der Waals surface area contributed by atoms with Gasteiger partial charge in [0.15, 0.2) is 5.56 Å². The first-order chi connectivity index (χ1) is 10.4. The Morgan fingerprint density at radius 3 is 2.73 bits per heavy atom. The number of hydrogen-bond acceptors (Lipinski definition) is 4. The van der Waals surface area contributed by atoms with Crippen molar-refractivity contribution in [3.05, 3.63) is 30.0 Å². The Balaban J connectivity index is 2.46. The van der Waals surface area contributed by atoms with Crippen molar-refractivity contribution < 1.29 is 14.3 Å². The molecule has 0 amide bonds. The van der Waals surface area contributed by atoms with Gasteiger partial charge < -0.3 is 14.4 Å². The Labute approximate surface area is 135 Å². The summed E-state index contributed by atoms with van der Waals surface area (Å²) in [6.45, 7) is 2.50. The quantitative estimate of drug-likeness (QED) is 0.791. The van der Waals surface area contributed by atoms with Crippen molar-refractivity contribution in [2.45, 2.75) is 18.9 Å². The number of carbonyl (C=O) groups excluding carboxylic acids is 1. The second-order valence-corrected chi connectivity index (χ2v) is 6.00. The highest BCUT2D eigenvalue weighted by Gasteiger charge is 2.17. The van der Waals surface area contributed by atoms with E-state index in [1.54, 1.807) is 14.0 Å². The number of alkyl halides is 1. The van der Waals surface area contributed by atoms with Crippen molar-refractivity contribution in [2.75, 3.05) is 27.7 Å². The summed E-state index contributed by atoms with van der Waals surface area (Å²) in [6, 6.07) is 5.68. The largest absolute Gasteiger partial charge is 0.497 e. The zero-order valence-electron chi connectivity index (χ0n) is 13.3. The molecule has 6 heteroatoms. The molecule has 0 aliphatic rings. The van der Waals surface area contributed by atoms with Crippen LogP contribution < -0.4 is 4.74 Å². The number of likely N-dealkylation sites (N-methyl/N-ethyl adjacent to an activating group) is 1. The van der Waals surface area contributed by atoms with E-state index in [2.05, 4.69) is 4.90 Å². The third-order valence-corrected chi connectivity index (χ3v) is 3.47. The Hall–Kier alpha value is -1.72. The average molecular weight is 325 g/mol. The van der Waals surface area contributed by atoms with Crippen molar-refractivity contribution in [1.82, 2.24) is 9.47 Å². The second kappa shape index (κ2) is 7.03. The lowest BCUT2D eigenvalue weighted by molar-refractivity contribution is 0.141. The van der Waals surface area contributed by atoms with Crippen molar-refractivity contribution in [3.8, 4) is 5.75 Å². The lowest BCUT2D eigenvalue weighted by Gasteiger charge is -2.08. The summed E-state index contributed by atoms with van der Waals surface area (Å²) in [5.41, 5.74) is 1.17. The van der Waals surface area contributed by atoms with Gasteiger partial charge in [0.2, 0.25) is 0 Å². The lowest BCUT2D eigenvalue weighted by atomic mass is 10.1. The molecular weight excluding hydrogens is 304 g/mol. The van der Waals surface area contributed by atoms with Gasteiger partial charge in [0.25, 0.3) is 0 Å². The Morgan fingerprint density at radius 1 is 1.41 bits per heavy atom. The van der Waals surface area contributed by atoms with E-state index in [4.69, 9.17) is 21.1 Å². The van der Waals surface area contributed by atoms with E-state index in [0.29, 0.717) is 5.75 Å². The first-order valence-electron chi connectivity index (χ1n) is 7.10. The van der Waals surface area contributed by atoms with E-state index >= 15 is 0 Å². The highest BCUT2D eigenvalue weighted by molar-refractivity contribution is 6.20. The smallest absolute Gasteiger partial charge is 0.419 e. The Morgan fingerprint density at radius 2 is 2.14 bits per heavy atom. The van der Waals surface area contributed by atoms with E-state index in [0.717, 1.165) is 29.4 Å². The molecular formula is C16H21ClN2O3. The molecule has 22 heavy (non-hydrogen) atoms. The van der Waals surface area contributed by atoms with E-state index < -0.39 is 11.7 Å². The van der Waals surface area contributed by atoms with Gasteiger partial charge in [0.1, 0.15) is 5.75 Å². The topological polar surface area (TPSA) is 43.7 Å². The molecule has 0 N–H and O–H groups in total. The molecule has 5 nitrogen and oxygen atoms in total. The Kier molecular flexibility index (Phi) is 5.32. The van der Waals surface area contributed by atoms with Crippen LogP contribution in [0.1, 0.15) is 12.5 Å². The van der Waals surface area contributed by atoms with Crippen LogP contribution in [-0.2, 0) is 11.2 Å². The fraction of sp³-hybridized carbons (Fsp3) is 0.438. The summed E-state index contributed by atoms with van der Waals surface area (Å²) in [5.74, 6) is 0.692.